The van der Waals surface area contributed by atoms with E-state index < -0.39 is 11.5 Å². The first-order chi connectivity index (χ1) is 10.1. The molecule has 21 heavy (non-hydrogen) atoms. The van der Waals surface area contributed by atoms with E-state index in [0.717, 1.165) is 21.3 Å². The number of thiophene rings is 1. The van der Waals surface area contributed by atoms with Crippen LogP contribution in [-0.2, 0) is 6.54 Å². The van der Waals surface area contributed by atoms with Gasteiger partial charge in [0, 0.05) is 10.4 Å². The minimum atomic E-state index is -1.19. The van der Waals surface area contributed by atoms with Crippen molar-refractivity contribution in [1.82, 2.24) is 4.57 Å². The van der Waals surface area contributed by atoms with Crippen molar-refractivity contribution < 1.29 is 9.90 Å². The molecule has 0 spiro atoms. The molecule has 0 atom stereocenters. The molecule has 0 unspecified atom stereocenters. The third-order valence-corrected chi connectivity index (χ3v) is 4.52. The van der Waals surface area contributed by atoms with Crippen molar-refractivity contribution >= 4 is 27.4 Å². The number of carboxylic acids is 1. The van der Waals surface area contributed by atoms with Gasteiger partial charge in [-0.15, -0.1) is 11.3 Å². The Hall–Kier alpha value is -2.40. The molecule has 0 amide bonds. The minimum absolute atomic E-state index is 0.194. The third-order valence-electron chi connectivity index (χ3n) is 3.51. The van der Waals surface area contributed by atoms with E-state index in [9.17, 15) is 9.59 Å². The van der Waals surface area contributed by atoms with Crippen LogP contribution in [0.4, 0.5) is 0 Å². The molecule has 0 aliphatic carbocycles. The molecule has 2 aromatic heterocycles. The number of hydrogen-bond acceptors (Lipinski definition) is 3. The Morgan fingerprint density at radius 2 is 2.00 bits per heavy atom. The van der Waals surface area contributed by atoms with E-state index in [4.69, 9.17) is 5.11 Å². The standard InChI is InChI=1S/C16H13NO3S/c1-10-6-7-13(16(19)20)15(18)17(10)8-11-9-21-14-5-3-2-4-12(11)14/h2-7,9H,8H2,1H3,(H,19,20). The van der Waals surface area contributed by atoms with Gasteiger partial charge in [-0.2, -0.15) is 0 Å². The van der Waals surface area contributed by atoms with Gasteiger partial charge in [-0.3, -0.25) is 4.79 Å². The molecule has 0 bridgehead atoms. The normalized spacial score (nSPS) is 10.9. The first kappa shape index (κ1) is 13.6. The Morgan fingerprint density at radius 1 is 1.24 bits per heavy atom. The van der Waals surface area contributed by atoms with Crippen LogP contribution in [0.25, 0.3) is 10.1 Å². The molecule has 2 heterocycles. The largest absolute Gasteiger partial charge is 0.477 e. The van der Waals surface area contributed by atoms with Gasteiger partial charge in [0.1, 0.15) is 5.56 Å². The van der Waals surface area contributed by atoms with Crippen molar-refractivity contribution in [3.63, 3.8) is 0 Å². The van der Waals surface area contributed by atoms with E-state index in [-0.39, 0.29) is 5.56 Å². The predicted octanol–water partition coefficient (Wildman–Crippen LogP) is 3.12. The van der Waals surface area contributed by atoms with Gasteiger partial charge in [0.2, 0.25) is 0 Å². The van der Waals surface area contributed by atoms with Crippen LogP contribution in [0, 0.1) is 6.92 Å². The van der Waals surface area contributed by atoms with Gasteiger partial charge in [0.05, 0.1) is 6.54 Å². The van der Waals surface area contributed by atoms with Gasteiger partial charge in [-0.1, -0.05) is 18.2 Å². The molecular weight excluding hydrogens is 286 g/mol. The van der Waals surface area contributed by atoms with Crippen molar-refractivity contribution in [1.29, 1.82) is 0 Å². The highest BCUT2D eigenvalue weighted by Gasteiger charge is 2.13. The van der Waals surface area contributed by atoms with Gasteiger partial charge in [0.15, 0.2) is 0 Å². The van der Waals surface area contributed by atoms with E-state index in [1.54, 1.807) is 17.4 Å². The Kier molecular flexibility index (Phi) is 3.35. The lowest BCUT2D eigenvalue weighted by atomic mass is 10.1. The number of rotatable bonds is 3. The highest BCUT2D eigenvalue weighted by Crippen LogP contribution is 2.26. The lowest BCUT2D eigenvalue weighted by Crippen LogP contribution is -2.28. The van der Waals surface area contributed by atoms with Crippen LogP contribution in [0.2, 0.25) is 0 Å². The summed E-state index contributed by atoms with van der Waals surface area (Å²) in [6, 6.07) is 11.0. The first-order valence-electron chi connectivity index (χ1n) is 6.47. The monoisotopic (exact) mass is 299 g/mol. The summed E-state index contributed by atoms with van der Waals surface area (Å²) in [5, 5.41) is 12.2. The maximum Gasteiger partial charge on any atom is 0.341 e. The summed E-state index contributed by atoms with van der Waals surface area (Å²) in [6.45, 7) is 2.19. The van der Waals surface area contributed by atoms with E-state index in [1.165, 1.54) is 10.6 Å². The molecule has 0 saturated heterocycles. The van der Waals surface area contributed by atoms with Crippen molar-refractivity contribution in [3.05, 3.63) is 69.0 Å². The number of hydrogen-bond donors (Lipinski definition) is 1. The van der Waals surface area contributed by atoms with Crippen LogP contribution >= 0.6 is 11.3 Å². The maximum atomic E-state index is 12.3. The van der Waals surface area contributed by atoms with E-state index >= 15 is 0 Å². The fourth-order valence-corrected chi connectivity index (χ4v) is 3.31. The zero-order valence-corrected chi connectivity index (χ0v) is 12.2. The highest BCUT2D eigenvalue weighted by atomic mass is 32.1. The lowest BCUT2D eigenvalue weighted by molar-refractivity contribution is 0.0694. The number of nitrogens with zero attached hydrogens (tertiary/aromatic N) is 1. The number of carboxylic acid groups (broad SMARTS) is 1. The molecular formula is C16H13NO3S. The highest BCUT2D eigenvalue weighted by molar-refractivity contribution is 7.17. The van der Waals surface area contributed by atoms with Crippen LogP contribution in [-0.4, -0.2) is 15.6 Å². The average molecular weight is 299 g/mol. The van der Waals surface area contributed by atoms with Crippen molar-refractivity contribution in [2.75, 3.05) is 0 Å². The Labute approximate surface area is 124 Å². The molecule has 0 fully saturated rings. The van der Waals surface area contributed by atoms with Crippen molar-refractivity contribution in [2.24, 2.45) is 0 Å². The average Bonchev–Trinajstić information content (AvgIpc) is 2.86. The summed E-state index contributed by atoms with van der Waals surface area (Å²) in [5.41, 5.74) is 1.13. The summed E-state index contributed by atoms with van der Waals surface area (Å²) in [7, 11) is 0. The zero-order valence-electron chi connectivity index (χ0n) is 11.4. The SMILES string of the molecule is Cc1ccc(C(=O)O)c(=O)n1Cc1csc2ccccc12. The van der Waals surface area contributed by atoms with Crippen LogP contribution in [0.15, 0.2) is 46.6 Å². The number of fused-ring (bicyclic) bond motifs is 1. The molecule has 1 N–H and O–H groups in total. The summed E-state index contributed by atoms with van der Waals surface area (Å²) in [6.07, 6.45) is 0. The van der Waals surface area contributed by atoms with Crippen LogP contribution in [0.5, 0.6) is 0 Å². The molecule has 0 saturated carbocycles. The van der Waals surface area contributed by atoms with Crippen molar-refractivity contribution in [2.45, 2.75) is 13.5 Å². The Bertz CT molecular complexity index is 892. The van der Waals surface area contributed by atoms with E-state index in [0.29, 0.717) is 6.54 Å². The number of pyridine rings is 1. The summed E-state index contributed by atoms with van der Waals surface area (Å²) >= 11 is 1.62. The molecule has 5 heteroatoms. The number of aromatic nitrogens is 1. The molecule has 4 nitrogen and oxygen atoms in total. The smallest absolute Gasteiger partial charge is 0.341 e. The second-order valence-corrected chi connectivity index (χ2v) is 5.75. The number of benzene rings is 1. The minimum Gasteiger partial charge on any atom is -0.477 e. The number of aromatic carboxylic acids is 1. The Balaban J connectivity index is 2.12. The van der Waals surface area contributed by atoms with Crippen LogP contribution < -0.4 is 5.56 Å². The molecule has 0 aliphatic heterocycles. The van der Waals surface area contributed by atoms with Gasteiger partial charge >= 0.3 is 5.97 Å². The van der Waals surface area contributed by atoms with Crippen LogP contribution in [0.3, 0.4) is 0 Å². The van der Waals surface area contributed by atoms with Gasteiger partial charge in [0.25, 0.3) is 5.56 Å². The fourth-order valence-electron chi connectivity index (χ4n) is 2.36. The second-order valence-electron chi connectivity index (χ2n) is 4.84. The Morgan fingerprint density at radius 3 is 2.76 bits per heavy atom. The maximum absolute atomic E-state index is 12.3. The molecule has 3 rings (SSSR count). The van der Waals surface area contributed by atoms with E-state index in [1.807, 2.05) is 36.6 Å². The quantitative estimate of drug-likeness (QED) is 0.808. The molecule has 0 aliphatic rings. The lowest BCUT2D eigenvalue weighted by Gasteiger charge is -2.10. The van der Waals surface area contributed by atoms with Gasteiger partial charge < -0.3 is 9.67 Å². The predicted molar refractivity (Wildman–Crippen MR) is 83.3 cm³/mol. The summed E-state index contributed by atoms with van der Waals surface area (Å²) in [4.78, 5) is 23.4. The third kappa shape index (κ3) is 2.36. The second kappa shape index (κ2) is 5.18. The molecule has 3 aromatic rings. The van der Waals surface area contributed by atoms with Crippen LogP contribution in [0.1, 0.15) is 21.6 Å². The molecule has 1 aromatic carbocycles. The summed E-state index contributed by atoms with van der Waals surface area (Å²) < 4.78 is 2.67. The van der Waals surface area contributed by atoms with Gasteiger partial charge in [-0.25, -0.2) is 4.79 Å². The number of aryl methyl sites for hydroxylation is 1. The molecule has 0 radical (unpaired) electrons. The number of carbonyl (C=O) groups is 1. The zero-order chi connectivity index (χ0) is 15.0. The topological polar surface area (TPSA) is 59.3 Å². The van der Waals surface area contributed by atoms with E-state index in [2.05, 4.69) is 0 Å². The van der Waals surface area contributed by atoms with Crippen molar-refractivity contribution in [3.8, 4) is 0 Å². The van der Waals surface area contributed by atoms with Gasteiger partial charge in [-0.05, 0) is 41.5 Å². The summed E-state index contributed by atoms with van der Waals surface area (Å²) in [5.74, 6) is -1.19. The molecule has 106 valence electrons. The fraction of sp³-hybridized carbons (Fsp3) is 0.125. The first-order valence-corrected chi connectivity index (χ1v) is 7.35.